The van der Waals surface area contributed by atoms with Crippen LogP contribution in [0, 0.1) is 0 Å². The van der Waals surface area contributed by atoms with Gasteiger partial charge in [0.2, 0.25) is 5.91 Å². The molecule has 5 nitrogen and oxygen atoms in total. The number of hydrogen-bond acceptors (Lipinski definition) is 3. The fraction of sp³-hybridized carbons (Fsp3) is 0.529. The summed E-state index contributed by atoms with van der Waals surface area (Å²) in [6, 6.07) is 5.26. The number of carboxylic acid groups (broad SMARTS) is 1. The van der Waals surface area contributed by atoms with Crippen molar-refractivity contribution in [3.05, 3.63) is 33.8 Å². The van der Waals surface area contributed by atoms with Crippen LogP contribution in [-0.4, -0.2) is 47.7 Å². The minimum Gasteiger partial charge on any atom is -0.481 e. The lowest BCUT2D eigenvalue weighted by Gasteiger charge is -2.34. The van der Waals surface area contributed by atoms with E-state index in [4.69, 9.17) is 33.0 Å². The van der Waals surface area contributed by atoms with Gasteiger partial charge in [0.15, 0.2) is 0 Å². The topological polar surface area (TPSA) is 66.8 Å². The second-order valence-electron chi connectivity index (χ2n) is 5.81. The van der Waals surface area contributed by atoms with Crippen LogP contribution in [0.5, 0.6) is 0 Å². The van der Waals surface area contributed by atoms with E-state index in [-0.39, 0.29) is 24.9 Å². The van der Waals surface area contributed by atoms with Crippen LogP contribution >= 0.6 is 23.2 Å². The molecule has 132 valence electrons. The Bertz CT molecular complexity index is 588. The molecule has 2 rings (SSSR count). The first-order valence-electron chi connectivity index (χ1n) is 8.00. The normalized spacial score (nSPS) is 15.2. The zero-order chi connectivity index (χ0) is 17.5. The lowest BCUT2D eigenvalue weighted by atomic mass is 10.0. The monoisotopic (exact) mass is 373 g/mol. The van der Waals surface area contributed by atoms with E-state index >= 15 is 0 Å². The van der Waals surface area contributed by atoms with E-state index in [2.05, 4.69) is 0 Å². The van der Waals surface area contributed by atoms with Crippen LogP contribution in [0.2, 0.25) is 10.0 Å². The van der Waals surface area contributed by atoms with Gasteiger partial charge in [-0.1, -0.05) is 29.3 Å². The molecule has 0 saturated carbocycles. The van der Waals surface area contributed by atoms with Crippen LogP contribution in [-0.2, 0) is 20.7 Å². The Morgan fingerprint density at radius 3 is 2.54 bits per heavy atom. The molecule has 0 aromatic heterocycles. The summed E-state index contributed by atoms with van der Waals surface area (Å²) in [5, 5.41) is 10.0. The highest BCUT2D eigenvalue weighted by Gasteiger charge is 2.26. The Hall–Kier alpha value is -1.30. The number of aryl methyl sites for hydroxylation is 1. The molecule has 1 N–H and O–H groups in total. The minimum atomic E-state index is -0.902. The molecule has 1 heterocycles. The van der Waals surface area contributed by atoms with Crippen molar-refractivity contribution >= 4 is 35.1 Å². The number of rotatable bonds is 7. The quantitative estimate of drug-likeness (QED) is 0.794. The van der Waals surface area contributed by atoms with Gasteiger partial charge in [0, 0.05) is 42.3 Å². The number of aliphatic carboxylic acids is 1. The molecule has 1 amide bonds. The summed E-state index contributed by atoms with van der Waals surface area (Å²) in [4.78, 5) is 25.2. The van der Waals surface area contributed by atoms with Crippen molar-refractivity contribution in [2.45, 2.75) is 38.1 Å². The third kappa shape index (κ3) is 5.65. The molecule has 1 aromatic rings. The highest BCUT2D eigenvalue weighted by Crippen LogP contribution is 2.23. The van der Waals surface area contributed by atoms with Gasteiger partial charge in [0.25, 0.3) is 0 Å². The SMILES string of the molecule is O=C(O)CCN(C(=O)CCc1ccc(Cl)cc1Cl)C1CCOCC1. The van der Waals surface area contributed by atoms with Crippen molar-refractivity contribution < 1.29 is 19.4 Å². The predicted molar refractivity (Wildman–Crippen MR) is 92.6 cm³/mol. The number of carboxylic acids is 1. The van der Waals surface area contributed by atoms with Crippen molar-refractivity contribution in [1.82, 2.24) is 4.90 Å². The van der Waals surface area contributed by atoms with Gasteiger partial charge in [0.05, 0.1) is 6.42 Å². The van der Waals surface area contributed by atoms with Crippen LogP contribution in [0.4, 0.5) is 0 Å². The number of amides is 1. The van der Waals surface area contributed by atoms with E-state index in [9.17, 15) is 9.59 Å². The molecule has 1 aromatic carbocycles. The molecular weight excluding hydrogens is 353 g/mol. The third-order valence-corrected chi connectivity index (χ3v) is 4.73. The minimum absolute atomic E-state index is 0.0471. The van der Waals surface area contributed by atoms with E-state index in [1.165, 1.54) is 0 Å². The first-order valence-corrected chi connectivity index (χ1v) is 8.76. The maximum atomic E-state index is 12.6. The van der Waals surface area contributed by atoms with Crippen molar-refractivity contribution in [1.29, 1.82) is 0 Å². The van der Waals surface area contributed by atoms with Crippen LogP contribution in [0.3, 0.4) is 0 Å². The summed E-state index contributed by atoms with van der Waals surface area (Å²) in [5.74, 6) is -0.949. The maximum absolute atomic E-state index is 12.6. The molecular formula is C17H21Cl2NO4. The van der Waals surface area contributed by atoms with Gasteiger partial charge in [-0.2, -0.15) is 0 Å². The Morgan fingerprint density at radius 1 is 1.21 bits per heavy atom. The van der Waals surface area contributed by atoms with Gasteiger partial charge >= 0.3 is 5.97 Å². The fourth-order valence-electron chi connectivity index (χ4n) is 2.83. The molecule has 1 saturated heterocycles. The molecule has 0 spiro atoms. The van der Waals surface area contributed by atoms with Crippen molar-refractivity contribution in [2.75, 3.05) is 19.8 Å². The average Bonchev–Trinajstić information content (AvgIpc) is 2.55. The lowest BCUT2D eigenvalue weighted by Crippen LogP contribution is -2.44. The molecule has 7 heteroatoms. The molecule has 0 atom stereocenters. The van der Waals surface area contributed by atoms with Gasteiger partial charge < -0.3 is 14.7 Å². The standard InChI is InChI=1S/C17H21Cl2NO4/c18-13-3-1-12(15(19)11-13)2-4-16(21)20(8-5-17(22)23)14-6-9-24-10-7-14/h1,3,11,14H,2,4-10H2,(H,22,23). The summed E-state index contributed by atoms with van der Waals surface area (Å²) < 4.78 is 5.33. The van der Waals surface area contributed by atoms with Crippen molar-refractivity contribution in [2.24, 2.45) is 0 Å². The first-order chi connectivity index (χ1) is 11.5. The largest absolute Gasteiger partial charge is 0.481 e. The number of hydrogen-bond donors (Lipinski definition) is 1. The molecule has 0 aliphatic carbocycles. The molecule has 0 radical (unpaired) electrons. The molecule has 0 bridgehead atoms. The summed E-state index contributed by atoms with van der Waals surface area (Å²) >= 11 is 12.0. The highest BCUT2D eigenvalue weighted by molar-refractivity contribution is 6.35. The van der Waals surface area contributed by atoms with E-state index in [0.29, 0.717) is 36.1 Å². The van der Waals surface area contributed by atoms with E-state index in [1.807, 2.05) is 6.07 Å². The summed E-state index contributed by atoms with van der Waals surface area (Å²) in [7, 11) is 0. The van der Waals surface area contributed by atoms with Crippen LogP contribution < -0.4 is 0 Å². The van der Waals surface area contributed by atoms with Crippen LogP contribution in [0.25, 0.3) is 0 Å². The maximum Gasteiger partial charge on any atom is 0.305 e. The van der Waals surface area contributed by atoms with Gasteiger partial charge in [-0.15, -0.1) is 0 Å². The third-order valence-electron chi connectivity index (χ3n) is 4.14. The number of carbonyl (C=O) groups is 2. The van der Waals surface area contributed by atoms with E-state index in [1.54, 1.807) is 17.0 Å². The van der Waals surface area contributed by atoms with Gasteiger partial charge in [-0.25, -0.2) is 0 Å². The van der Waals surface area contributed by atoms with Crippen LogP contribution in [0.15, 0.2) is 18.2 Å². The van der Waals surface area contributed by atoms with Gasteiger partial charge in [0.1, 0.15) is 0 Å². The summed E-state index contributed by atoms with van der Waals surface area (Å²) in [6.45, 7) is 1.43. The smallest absolute Gasteiger partial charge is 0.305 e. The lowest BCUT2D eigenvalue weighted by molar-refractivity contribution is -0.140. The van der Waals surface area contributed by atoms with Crippen molar-refractivity contribution in [3.8, 4) is 0 Å². The number of carbonyl (C=O) groups excluding carboxylic acids is 1. The Morgan fingerprint density at radius 2 is 1.92 bits per heavy atom. The predicted octanol–water partition coefficient (Wildman–Crippen LogP) is 3.41. The molecule has 0 unspecified atom stereocenters. The summed E-state index contributed by atoms with van der Waals surface area (Å²) in [5.41, 5.74) is 0.861. The van der Waals surface area contributed by atoms with Crippen molar-refractivity contribution in [3.63, 3.8) is 0 Å². The Kier molecular flexibility index (Phi) is 7.34. The number of halogens is 2. The fourth-order valence-corrected chi connectivity index (χ4v) is 3.34. The number of benzene rings is 1. The molecule has 1 aliphatic heterocycles. The second-order valence-corrected chi connectivity index (χ2v) is 6.65. The van der Waals surface area contributed by atoms with E-state index in [0.717, 1.165) is 18.4 Å². The van der Waals surface area contributed by atoms with E-state index < -0.39 is 5.97 Å². The summed E-state index contributed by atoms with van der Waals surface area (Å²) in [6.07, 6.45) is 2.23. The van der Waals surface area contributed by atoms with Gasteiger partial charge in [-0.3, -0.25) is 9.59 Å². The molecule has 1 fully saturated rings. The Balaban J connectivity index is 1.98. The number of ether oxygens (including phenoxy) is 1. The first kappa shape index (κ1) is 19.0. The second kappa shape index (κ2) is 9.25. The van der Waals surface area contributed by atoms with Crippen LogP contribution in [0.1, 0.15) is 31.2 Å². The zero-order valence-electron chi connectivity index (χ0n) is 13.3. The highest BCUT2D eigenvalue weighted by atomic mass is 35.5. The van der Waals surface area contributed by atoms with Gasteiger partial charge in [-0.05, 0) is 37.0 Å². The Labute approximate surface area is 151 Å². The zero-order valence-corrected chi connectivity index (χ0v) is 14.9. The molecule has 1 aliphatic rings. The molecule has 24 heavy (non-hydrogen) atoms. The number of nitrogens with zero attached hydrogens (tertiary/aromatic N) is 1. The average molecular weight is 374 g/mol.